The van der Waals surface area contributed by atoms with E-state index >= 15 is 0 Å². The Kier molecular flexibility index (Phi) is 6.01. The summed E-state index contributed by atoms with van der Waals surface area (Å²) in [4.78, 5) is 18.4. The Bertz CT molecular complexity index is 1480. The van der Waals surface area contributed by atoms with Gasteiger partial charge in [-0.05, 0) is 38.0 Å². The Labute approximate surface area is 202 Å². The summed E-state index contributed by atoms with van der Waals surface area (Å²) in [6.45, 7) is 2.35. The van der Waals surface area contributed by atoms with Gasteiger partial charge in [-0.25, -0.2) is 28.4 Å². The van der Waals surface area contributed by atoms with Gasteiger partial charge in [0.05, 0.1) is 43.7 Å². The van der Waals surface area contributed by atoms with Crippen molar-refractivity contribution in [1.82, 2.24) is 24.5 Å². The average Bonchev–Trinajstić information content (AvgIpc) is 3.66. The first kappa shape index (κ1) is 23.0. The maximum atomic E-state index is 12.6. The van der Waals surface area contributed by atoms with Crippen LogP contribution in [0.2, 0.25) is 0 Å². The van der Waals surface area contributed by atoms with Gasteiger partial charge in [-0.2, -0.15) is 0 Å². The van der Waals surface area contributed by atoms with Gasteiger partial charge in [0.1, 0.15) is 22.9 Å². The topological polar surface area (TPSA) is 118 Å². The fourth-order valence-electron chi connectivity index (χ4n) is 3.91. The van der Waals surface area contributed by atoms with Gasteiger partial charge in [-0.15, -0.1) is 0 Å². The lowest BCUT2D eigenvalue weighted by molar-refractivity contribution is 0.327. The number of rotatable bonds is 9. The molecule has 0 saturated heterocycles. The van der Waals surface area contributed by atoms with E-state index in [2.05, 4.69) is 9.97 Å². The van der Waals surface area contributed by atoms with Gasteiger partial charge in [0.15, 0.2) is 27.0 Å². The van der Waals surface area contributed by atoms with E-state index in [0.717, 1.165) is 0 Å². The van der Waals surface area contributed by atoms with E-state index < -0.39 is 9.84 Å². The molecule has 11 heteroatoms. The van der Waals surface area contributed by atoms with Crippen LogP contribution in [0.5, 0.6) is 17.4 Å². The minimum Gasteiger partial charge on any atom is -0.494 e. The monoisotopic (exact) mass is 495 g/mol. The smallest absolute Gasteiger partial charge is 0.213 e. The highest BCUT2D eigenvalue weighted by Gasteiger charge is 2.36. The van der Waals surface area contributed by atoms with Gasteiger partial charge in [-0.1, -0.05) is 12.1 Å². The SMILES string of the molecule is CCOc1cccc(-c2nc3ncc(CS(=O)(=O)C4CC4)nc3n2-c2c(OC)cccc2OC)n1. The van der Waals surface area contributed by atoms with Crippen LogP contribution in [-0.4, -0.2) is 59.0 Å². The molecular formula is C24H25N5O5S. The van der Waals surface area contributed by atoms with Crippen molar-refractivity contribution < 1.29 is 22.6 Å². The highest BCUT2D eigenvalue weighted by molar-refractivity contribution is 7.91. The quantitative estimate of drug-likeness (QED) is 0.344. The second-order valence-corrected chi connectivity index (χ2v) is 10.4. The Morgan fingerprint density at radius 3 is 2.37 bits per heavy atom. The Morgan fingerprint density at radius 2 is 1.71 bits per heavy atom. The molecule has 10 nitrogen and oxygen atoms in total. The molecule has 5 rings (SSSR count). The van der Waals surface area contributed by atoms with E-state index in [4.69, 9.17) is 24.2 Å². The van der Waals surface area contributed by atoms with E-state index in [1.807, 2.05) is 19.1 Å². The number of nitrogens with zero attached hydrogens (tertiary/aromatic N) is 5. The molecule has 1 aliphatic carbocycles. The molecule has 1 fully saturated rings. The molecule has 1 aliphatic rings. The van der Waals surface area contributed by atoms with E-state index in [9.17, 15) is 8.42 Å². The second-order valence-electron chi connectivity index (χ2n) is 8.09. The molecule has 0 aliphatic heterocycles. The Morgan fingerprint density at radius 1 is 1.00 bits per heavy atom. The van der Waals surface area contributed by atoms with Crippen LogP contribution in [0.15, 0.2) is 42.6 Å². The molecule has 0 unspecified atom stereocenters. The van der Waals surface area contributed by atoms with Crippen molar-refractivity contribution in [3.05, 3.63) is 48.3 Å². The first-order valence-electron chi connectivity index (χ1n) is 11.2. The van der Waals surface area contributed by atoms with Crippen molar-refractivity contribution in [3.8, 4) is 34.6 Å². The Hall–Kier alpha value is -3.73. The number of methoxy groups -OCH3 is 2. The Balaban J connectivity index is 1.77. The van der Waals surface area contributed by atoms with Crippen LogP contribution in [0, 0.1) is 0 Å². The van der Waals surface area contributed by atoms with Crippen LogP contribution in [-0.2, 0) is 15.6 Å². The molecule has 1 saturated carbocycles. The largest absolute Gasteiger partial charge is 0.494 e. The van der Waals surface area contributed by atoms with Gasteiger partial charge < -0.3 is 14.2 Å². The van der Waals surface area contributed by atoms with Crippen molar-refractivity contribution in [3.63, 3.8) is 0 Å². The molecule has 4 aromatic rings. The lowest BCUT2D eigenvalue weighted by Crippen LogP contribution is -2.12. The van der Waals surface area contributed by atoms with Gasteiger partial charge >= 0.3 is 0 Å². The van der Waals surface area contributed by atoms with E-state index in [0.29, 0.717) is 71.0 Å². The minimum atomic E-state index is -3.28. The van der Waals surface area contributed by atoms with Crippen LogP contribution >= 0.6 is 0 Å². The van der Waals surface area contributed by atoms with Gasteiger partial charge in [0.2, 0.25) is 5.88 Å². The van der Waals surface area contributed by atoms with Crippen LogP contribution < -0.4 is 14.2 Å². The maximum Gasteiger partial charge on any atom is 0.213 e. The summed E-state index contributed by atoms with van der Waals surface area (Å²) in [5.41, 5.74) is 2.13. The lowest BCUT2D eigenvalue weighted by Gasteiger charge is -2.16. The van der Waals surface area contributed by atoms with Gasteiger partial charge in [0.25, 0.3) is 0 Å². The van der Waals surface area contributed by atoms with E-state index in [1.165, 1.54) is 6.20 Å². The number of fused-ring (bicyclic) bond motifs is 1. The fourth-order valence-corrected chi connectivity index (χ4v) is 5.55. The third-order valence-electron chi connectivity index (χ3n) is 5.67. The molecule has 0 bridgehead atoms. The zero-order chi connectivity index (χ0) is 24.6. The molecule has 35 heavy (non-hydrogen) atoms. The number of pyridine rings is 1. The highest BCUT2D eigenvalue weighted by atomic mass is 32.2. The first-order chi connectivity index (χ1) is 16.9. The zero-order valence-electron chi connectivity index (χ0n) is 19.6. The number of imidazole rings is 1. The number of sulfone groups is 1. The van der Waals surface area contributed by atoms with Crippen molar-refractivity contribution >= 4 is 21.1 Å². The predicted molar refractivity (Wildman–Crippen MR) is 130 cm³/mol. The lowest BCUT2D eigenvalue weighted by atomic mass is 10.2. The molecule has 0 atom stereocenters. The molecule has 1 aromatic carbocycles. The number of para-hydroxylation sites is 1. The summed E-state index contributed by atoms with van der Waals surface area (Å²) in [7, 11) is -0.160. The second kappa shape index (κ2) is 9.14. The summed E-state index contributed by atoms with van der Waals surface area (Å²) in [5, 5.41) is -0.291. The van der Waals surface area contributed by atoms with Gasteiger partial charge in [0, 0.05) is 6.07 Å². The third kappa shape index (κ3) is 4.39. The van der Waals surface area contributed by atoms with Crippen molar-refractivity contribution in [2.45, 2.75) is 30.8 Å². The van der Waals surface area contributed by atoms with Crippen LogP contribution in [0.1, 0.15) is 25.5 Å². The number of benzene rings is 1. The molecule has 0 radical (unpaired) electrons. The third-order valence-corrected chi connectivity index (χ3v) is 7.86. The van der Waals surface area contributed by atoms with Crippen LogP contribution in [0.4, 0.5) is 0 Å². The van der Waals surface area contributed by atoms with Gasteiger partial charge in [-0.3, -0.25) is 4.57 Å². The molecule has 0 amide bonds. The fraction of sp³-hybridized carbons (Fsp3) is 0.333. The zero-order valence-corrected chi connectivity index (χ0v) is 20.4. The highest BCUT2D eigenvalue weighted by Crippen LogP contribution is 2.38. The molecule has 0 N–H and O–H groups in total. The van der Waals surface area contributed by atoms with Crippen LogP contribution in [0.3, 0.4) is 0 Å². The summed E-state index contributed by atoms with van der Waals surface area (Å²) < 4.78 is 43.9. The number of hydrogen-bond donors (Lipinski definition) is 0. The number of aromatic nitrogens is 5. The van der Waals surface area contributed by atoms with Crippen molar-refractivity contribution in [1.29, 1.82) is 0 Å². The maximum absolute atomic E-state index is 12.6. The average molecular weight is 496 g/mol. The first-order valence-corrected chi connectivity index (χ1v) is 12.9. The summed E-state index contributed by atoms with van der Waals surface area (Å²) in [6.07, 6.45) is 2.85. The molecule has 3 heterocycles. The number of ether oxygens (including phenoxy) is 3. The summed E-state index contributed by atoms with van der Waals surface area (Å²) in [5.74, 6) is 1.74. The molecule has 0 spiro atoms. The summed E-state index contributed by atoms with van der Waals surface area (Å²) in [6, 6.07) is 10.8. The molecule has 3 aromatic heterocycles. The van der Waals surface area contributed by atoms with E-state index in [-0.39, 0.29) is 11.0 Å². The standard InChI is InChI=1S/C24H25N5O5S/c1-4-34-20-10-5-7-17(27-20)23-28-22-24(26-15(13-25-22)14-35(30,31)16-11-12-16)29(23)21-18(32-2)8-6-9-19(21)33-3/h5-10,13,16H,4,11-12,14H2,1-3H3. The summed E-state index contributed by atoms with van der Waals surface area (Å²) >= 11 is 0. The minimum absolute atomic E-state index is 0.178. The number of hydrogen-bond acceptors (Lipinski definition) is 9. The molecular weight excluding hydrogens is 470 g/mol. The van der Waals surface area contributed by atoms with Crippen molar-refractivity contribution in [2.75, 3.05) is 20.8 Å². The van der Waals surface area contributed by atoms with Crippen LogP contribution in [0.25, 0.3) is 28.5 Å². The molecule has 182 valence electrons. The van der Waals surface area contributed by atoms with E-state index in [1.54, 1.807) is 43.1 Å². The van der Waals surface area contributed by atoms with Crippen molar-refractivity contribution in [2.24, 2.45) is 0 Å². The predicted octanol–water partition coefficient (Wildman–Crippen LogP) is 3.37. The normalized spacial score (nSPS) is 13.7.